The van der Waals surface area contributed by atoms with Crippen LogP contribution in [0.3, 0.4) is 0 Å². The number of aromatic amines is 1. The van der Waals surface area contributed by atoms with E-state index in [0.29, 0.717) is 0 Å². The van der Waals surface area contributed by atoms with Gasteiger partial charge in [0, 0.05) is 30.1 Å². The summed E-state index contributed by atoms with van der Waals surface area (Å²) in [5, 5.41) is 15.6. The van der Waals surface area contributed by atoms with Gasteiger partial charge < -0.3 is 0 Å². The highest BCUT2D eigenvalue weighted by atomic mass is 15.2. The number of H-pyrrole nitrogens is 1. The predicted octanol–water partition coefficient (Wildman–Crippen LogP) is 1.83. The van der Waals surface area contributed by atoms with Crippen LogP contribution in [0, 0.1) is 6.92 Å². The molecule has 21 heavy (non-hydrogen) atoms. The van der Waals surface area contributed by atoms with Crippen LogP contribution < -0.4 is 0 Å². The molecule has 0 saturated heterocycles. The van der Waals surface area contributed by atoms with Crippen LogP contribution in [0.15, 0.2) is 37.1 Å². The maximum Gasteiger partial charge on any atom is 0.100 e. The lowest BCUT2D eigenvalue weighted by Gasteiger charge is -2.05. The molecule has 0 aromatic carbocycles. The van der Waals surface area contributed by atoms with E-state index in [4.69, 9.17) is 4.98 Å². The van der Waals surface area contributed by atoms with Gasteiger partial charge >= 0.3 is 0 Å². The fourth-order valence-electron chi connectivity index (χ4n) is 2.41. The fourth-order valence-corrected chi connectivity index (χ4v) is 2.41. The number of fused-ring (bicyclic) bond motifs is 1. The van der Waals surface area contributed by atoms with Gasteiger partial charge in [0.05, 0.1) is 36.0 Å². The summed E-state index contributed by atoms with van der Waals surface area (Å²) in [6, 6.07) is 1.95. The Bertz CT molecular complexity index is 928. The monoisotopic (exact) mass is 279 g/mol. The first kappa shape index (κ1) is 11.8. The van der Waals surface area contributed by atoms with Crippen molar-refractivity contribution < 1.29 is 0 Å². The van der Waals surface area contributed by atoms with E-state index in [9.17, 15) is 0 Å². The Balaban J connectivity index is 2.01. The highest BCUT2D eigenvalue weighted by Crippen LogP contribution is 2.27. The molecule has 0 aliphatic heterocycles. The standard InChI is InChI=1S/C14H13N7/c1-9-11(6-15-19-9)14-13-3-4-16-21(13)8-12(18-14)10-5-17-20(2)7-10/h3-8H,1-2H3,(H,15,19). The van der Waals surface area contributed by atoms with Crippen LogP contribution in [0.25, 0.3) is 28.0 Å². The first-order valence-electron chi connectivity index (χ1n) is 6.56. The van der Waals surface area contributed by atoms with Crippen LogP contribution in [0.1, 0.15) is 5.69 Å². The van der Waals surface area contributed by atoms with Crippen LogP contribution in [0.2, 0.25) is 0 Å². The van der Waals surface area contributed by atoms with Crippen LogP contribution >= 0.6 is 0 Å². The van der Waals surface area contributed by atoms with Gasteiger partial charge in [-0.25, -0.2) is 9.50 Å². The molecular formula is C14H13N7. The highest BCUT2D eigenvalue weighted by Gasteiger charge is 2.14. The summed E-state index contributed by atoms with van der Waals surface area (Å²) in [6.07, 6.45) is 9.19. The molecule has 0 radical (unpaired) electrons. The zero-order valence-electron chi connectivity index (χ0n) is 11.6. The molecule has 0 atom stereocenters. The van der Waals surface area contributed by atoms with Crippen LogP contribution in [0.5, 0.6) is 0 Å². The third-order valence-electron chi connectivity index (χ3n) is 3.48. The van der Waals surface area contributed by atoms with Crippen LogP contribution in [0.4, 0.5) is 0 Å². The Morgan fingerprint density at radius 1 is 1.14 bits per heavy atom. The number of rotatable bonds is 2. The molecule has 0 aliphatic carbocycles. The second kappa shape index (κ2) is 4.27. The molecule has 104 valence electrons. The van der Waals surface area contributed by atoms with Crippen molar-refractivity contribution in [3.63, 3.8) is 0 Å². The summed E-state index contributed by atoms with van der Waals surface area (Å²) in [5.41, 5.74) is 5.56. The second-order valence-corrected chi connectivity index (χ2v) is 4.95. The van der Waals surface area contributed by atoms with Gasteiger partial charge in [-0.3, -0.25) is 9.78 Å². The Kier molecular flexibility index (Phi) is 2.41. The molecule has 7 heteroatoms. The van der Waals surface area contributed by atoms with Gasteiger partial charge in [0.1, 0.15) is 5.69 Å². The largest absolute Gasteiger partial charge is 0.282 e. The molecule has 4 heterocycles. The average Bonchev–Trinajstić information content (AvgIpc) is 3.17. The lowest BCUT2D eigenvalue weighted by Crippen LogP contribution is -1.96. The molecule has 0 saturated carbocycles. The number of hydrogen-bond acceptors (Lipinski definition) is 4. The van der Waals surface area contributed by atoms with Gasteiger partial charge in [-0.15, -0.1) is 0 Å². The maximum atomic E-state index is 4.79. The van der Waals surface area contributed by atoms with Gasteiger partial charge in [-0.1, -0.05) is 0 Å². The average molecular weight is 279 g/mol. The lowest BCUT2D eigenvalue weighted by atomic mass is 10.1. The number of nitrogens with zero attached hydrogens (tertiary/aromatic N) is 6. The lowest BCUT2D eigenvalue weighted by molar-refractivity contribution is 0.768. The zero-order valence-corrected chi connectivity index (χ0v) is 11.6. The van der Waals surface area contributed by atoms with E-state index in [-0.39, 0.29) is 0 Å². The molecule has 0 aliphatic rings. The first-order valence-corrected chi connectivity index (χ1v) is 6.56. The molecule has 0 bridgehead atoms. The minimum atomic E-state index is 0.829. The molecule has 4 aromatic rings. The second-order valence-electron chi connectivity index (χ2n) is 4.95. The summed E-state index contributed by atoms with van der Waals surface area (Å²) >= 11 is 0. The molecule has 7 nitrogen and oxygen atoms in total. The van der Waals surface area contributed by atoms with E-state index >= 15 is 0 Å². The van der Waals surface area contributed by atoms with Crippen LogP contribution in [-0.2, 0) is 7.05 Å². The van der Waals surface area contributed by atoms with Crippen LogP contribution in [-0.4, -0.2) is 34.6 Å². The molecule has 1 N–H and O–H groups in total. The van der Waals surface area contributed by atoms with E-state index < -0.39 is 0 Å². The summed E-state index contributed by atoms with van der Waals surface area (Å²) < 4.78 is 3.59. The van der Waals surface area contributed by atoms with Crippen molar-refractivity contribution in [3.8, 4) is 22.5 Å². The Labute approximate surface area is 120 Å². The van der Waals surface area contributed by atoms with Gasteiger partial charge in [0.25, 0.3) is 0 Å². The molecule has 4 aromatic heterocycles. The normalized spacial score (nSPS) is 11.3. The van der Waals surface area contributed by atoms with E-state index in [0.717, 1.165) is 33.7 Å². The van der Waals surface area contributed by atoms with E-state index in [1.165, 1.54) is 0 Å². The third kappa shape index (κ3) is 1.82. The molecule has 0 fully saturated rings. The van der Waals surface area contributed by atoms with Crippen molar-refractivity contribution in [2.45, 2.75) is 6.92 Å². The smallest absolute Gasteiger partial charge is 0.100 e. The van der Waals surface area contributed by atoms with Crippen molar-refractivity contribution in [1.82, 2.24) is 34.6 Å². The number of aromatic nitrogens is 7. The maximum absolute atomic E-state index is 4.79. The minimum Gasteiger partial charge on any atom is -0.282 e. The van der Waals surface area contributed by atoms with E-state index in [1.807, 2.05) is 36.9 Å². The van der Waals surface area contributed by atoms with Gasteiger partial charge in [-0.2, -0.15) is 15.3 Å². The Morgan fingerprint density at radius 2 is 2.05 bits per heavy atom. The van der Waals surface area contributed by atoms with Crippen molar-refractivity contribution in [2.24, 2.45) is 7.05 Å². The molecule has 0 spiro atoms. The minimum absolute atomic E-state index is 0.829. The Hall–Kier alpha value is -2.96. The quantitative estimate of drug-likeness (QED) is 0.607. The molecule has 0 amide bonds. The van der Waals surface area contributed by atoms with Crippen molar-refractivity contribution >= 4 is 5.52 Å². The molecule has 4 rings (SSSR count). The van der Waals surface area contributed by atoms with Crippen molar-refractivity contribution in [1.29, 1.82) is 0 Å². The van der Waals surface area contributed by atoms with Gasteiger partial charge in [0.2, 0.25) is 0 Å². The van der Waals surface area contributed by atoms with E-state index in [1.54, 1.807) is 23.3 Å². The zero-order chi connectivity index (χ0) is 14.4. The number of hydrogen-bond donors (Lipinski definition) is 1. The third-order valence-corrected chi connectivity index (χ3v) is 3.48. The summed E-state index contributed by atoms with van der Waals surface area (Å²) in [6.45, 7) is 1.98. The summed E-state index contributed by atoms with van der Waals surface area (Å²) in [4.78, 5) is 4.79. The summed E-state index contributed by atoms with van der Waals surface area (Å²) in [7, 11) is 1.89. The van der Waals surface area contributed by atoms with Gasteiger partial charge in [0.15, 0.2) is 0 Å². The number of aryl methyl sites for hydroxylation is 2. The van der Waals surface area contributed by atoms with Gasteiger partial charge in [-0.05, 0) is 13.0 Å². The van der Waals surface area contributed by atoms with Crippen molar-refractivity contribution in [2.75, 3.05) is 0 Å². The van der Waals surface area contributed by atoms with Crippen molar-refractivity contribution in [3.05, 3.63) is 42.7 Å². The first-order chi connectivity index (χ1) is 10.2. The fraction of sp³-hybridized carbons (Fsp3) is 0.143. The molecular weight excluding hydrogens is 266 g/mol. The van der Waals surface area contributed by atoms with E-state index in [2.05, 4.69) is 20.4 Å². The topological polar surface area (TPSA) is 76.7 Å². The summed E-state index contributed by atoms with van der Waals surface area (Å²) in [5.74, 6) is 0. The number of nitrogens with one attached hydrogen (secondary N) is 1. The highest BCUT2D eigenvalue weighted by molar-refractivity contribution is 5.79. The Morgan fingerprint density at radius 3 is 2.76 bits per heavy atom. The SMILES string of the molecule is Cc1[nH]ncc1-c1nc(-c2cnn(C)c2)cn2nccc12. The molecule has 0 unspecified atom stereocenters. The predicted molar refractivity (Wildman–Crippen MR) is 77.5 cm³/mol.